The summed E-state index contributed by atoms with van der Waals surface area (Å²) in [5, 5.41) is 8.89. The summed E-state index contributed by atoms with van der Waals surface area (Å²) in [5.74, 6) is -0.352. The molecule has 0 spiro atoms. The van der Waals surface area contributed by atoms with Crippen molar-refractivity contribution >= 4 is 23.3 Å². The lowest BCUT2D eigenvalue weighted by molar-refractivity contribution is -0.136. The Balaban J connectivity index is 3.34. The second-order valence-corrected chi connectivity index (χ2v) is 3.44. The number of nitrogens with two attached hydrogens (primary N) is 1. The zero-order chi connectivity index (χ0) is 12.3. The molecule has 0 saturated heterocycles. The minimum Gasteiger partial charge on any atom is -0.493 e. The highest BCUT2D eigenvalue weighted by Crippen LogP contribution is 2.40. The van der Waals surface area contributed by atoms with Crippen LogP contribution in [0.15, 0.2) is 6.07 Å². The van der Waals surface area contributed by atoms with Gasteiger partial charge in [-0.2, -0.15) is 0 Å². The van der Waals surface area contributed by atoms with Crippen LogP contribution in [0.5, 0.6) is 11.5 Å². The van der Waals surface area contributed by atoms with Gasteiger partial charge < -0.3 is 20.3 Å². The van der Waals surface area contributed by atoms with E-state index in [-0.39, 0.29) is 22.9 Å². The Morgan fingerprint density at radius 1 is 1.50 bits per heavy atom. The van der Waals surface area contributed by atoms with E-state index in [9.17, 15) is 4.79 Å². The second-order valence-electron chi connectivity index (χ2n) is 3.06. The zero-order valence-corrected chi connectivity index (χ0v) is 9.67. The molecule has 1 rings (SSSR count). The molecule has 3 N–H and O–H groups in total. The highest BCUT2D eigenvalue weighted by molar-refractivity contribution is 6.33. The summed E-state index contributed by atoms with van der Waals surface area (Å²) in [5.41, 5.74) is 6.28. The minimum atomic E-state index is -1.01. The maximum atomic E-state index is 10.6. The van der Waals surface area contributed by atoms with Gasteiger partial charge in [-0.15, -0.1) is 0 Å². The number of nitrogen functional groups attached to an aromatic ring is 1. The zero-order valence-electron chi connectivity index (χ0n) is 8.91. The van der Waals surface area contributed by atoms with E-state index < -0.39 is 5.97 Å². The predicted molar refractivity (Wildman–Crippen MR) is 60.3 cm³/mol. The molecule has 6 heteroatoms. The van der Waals surface area contributed by atoms with Crippen molar-refractivity contribution in [3.05, 3.63) is 16.7 Å². The maximum Gasteiger partial charge on any atom is 0.307 e. The van der Waals surface area contributed by atoms with E-state index >= 15 is 0 Å². The third-order valence-corrected chi connectivity index (χ3v) is 2.47. The number of anilines is 1. The molecule has 0 unspecified atom stereocenters. The van der Waals surface area contributed by atoms with Crippen LogP contribution in [0.2, 0.25) is 5.02 Å². The van der Waals surface area contributed by atoms with Crippen molar-refractivity contribution in [2.24, 2.45) is 0 Å². The Kier molecular flexibility index (Phi) is 3.84. The molecular weight excluding hydrogens is 234 g/mol. The number of carbonyl (C=O) groups is 1. The van der Waals surface area contributed by atoms with Crippen LogP contribution in [-0.4, -0.2) is 25.3 Å². The summed E-state index contributed by atoms with van der Waals surface area (Å²) in [6.45, 7) is 0. The van der Waals surface area contributed by atoms with Crippen LogP contribution < -0.4 is 15.2 Å². The lowest BCUT2D eigenvalue weighted by Crippen LogP contribution is -2.06. The Labute approximate surface area is 97.7 Å². The summed E-state index contributed by atoms with van der Waals surface area (Å²) in [6, 6.07) is 1.49. The summed E-state index contributed by atoms with van der Waals surface area (Å²) in [7, 11) is 2.87. The van der Waals surface area contributed by atoms with Crippen LogP contribution in [0.3, 0.4) is 0 Å². The number of methoxy groups -OCH3 is 2. The van der Waals surface area contributed by atoms with Crippen molar-refractivity contribution in [1.29, 1.82) is 0 Å². The molecule has 0 aromatic heterocycles. The molecule has 0 atom stereocenters. The van der Waals surface area contributed by atoms with Crippen molar-refractivity contribution < 1.29 is 19.4 Å². The number of hydrogen-bond donors (Lipinski definition) is 2. The molecule has 1 aromatic carbocycles. The Hall–Kier alpha value is -1.62. The number of benzene rings is 1. The number of carboxylic acids is 1. The highest BCUT2D eigenvalue weighted by atomic mass is 35.5. The monoisotopic (exact) mass is 245 g/mol. The lowest BCUT2D eigenvalue weighted by Gasteiger charge is -2.14. The third-order valence-electron chi connectivity index (χ3n) is 2.08. The van der Waals surface area contributed by atoms with Crippen molar-refractivity contribution in [3.8, 4) is 11.5 Å². The molecule has 88 valence electrons. The molecule has 0 heterocycles. The van der Waals surface area contributed by atoms with Crippen LogP contribution in [0.25, 0.3) is 0 Å². The first-order valence-electron chi connectivity index (χ1n) is 4.41. The van der Waals surface area contributed by atoms with Gasteiger partial charge in [0.15, 0.2) is 11.5 Å². The van der Waals surface area contributed by atoms with Crippen LogP contribution in [-0.2, 0) is 11.2 Å². The van der Waals surface area contributed by atoms with Crippen LogP contribution >= 0.6 is 11.6 Å². The smallest absolute Gasteiger partial charge is 0.307 e. The van der Waals surface area contributed by atoms with Gasteiger partial charge in [0.1, 0.15) is 0 Å². The third kappa shape index (κ3) is 2.30. The van der Waals surface area contributed by atoms with Crippen LogP contribution in [0, 0.1) is 0 Å². The molecular formula is C10H12ClNO4. The molecule has 16 heavy (non-hydrogen) atoms. The van der Waals surface area contributed by atoms with Gasteiger partial charge in [-0.05, 0) is 0 Å². The van der Waals surface area contributed by atoms with Crippen molar-refractivity contribution in [3.63, 3.8) is 0 Å². The van der Waals surface area contributed by atoms with E-state index in [0.717, 1.165) is 0 Å². The quantitative estimate of drug-likeness (QED) is 0.787. The summed E-state index contributed by atoms with van der Waals surface area (Å²) in [4.78, 5) is 10.6. The summed E-state index contributed by atoms with van der Waals surface area (Å²) in [6.07, 6.45) is -0.259. The standard InChI is InChI=1S/C10H12ClNO4/c1-15-7-4-6(12)5(3-8(13)14)9(11)10(7)16-2/h4H,3,12H2,1-2H3,(H,13,14). The average Bonchev–Trinajstić information content (AvgIpc) is 2.23. The van der Waals surface area contributed by atoms with Crippen molar-refractivity contribution in [1.82, 2.24) is 0 Å². The predicted octanol–water partition coefficient (Wildman–Crippen LogP) is 1.57. The van der Waals surface area contributed by atoms with E-state index in [4.69, 9.17) is 31.9 Å². The maximum absolute atomic E-state index is 10.6. The molecule has 0 aliphatic carbocycles. The van der Waals surface area contributed by atoms with Gasteiger partial charge in [0.2, 0.25) is 0 Å². The molecule has 0 aliphatic heterocycles. The van der Waals surface area contributed by atoms with Crippen LogP contribution in [0.1, 0.15) is 5.56 Å². The molecule has 0 saturated carbocycles. The summed E-state index contributed by atoms with van der Waals surface area (Å²) < 4.78 is 10.1. The largest absolute Gasteiger partial charge is 0.493 e. The molecule has 0 fully saturated rings. The molecule has 0 radical (unpaired) electrons. The van der Waals surface area contributed by atoms with Gasteiger partial charge in [-0.3, -0.25) is 4.79 Å². The van der Waals surface area contributed by atoms with E-state index in [1.807, 2.05) is 0 Å². The van der Waals surface area contributed by atoms with Gasteiger partial charge in [0.25, 0.3) is 0 Å². The fourth-order valence-electron chi connectivity index (χ4n) is 1.34. The Morgan fingerprint density at radius 2 is 2.12 bits per heavy atom. The number of halogens is 1. The summed E-state index contributed by atoms with van der Waals surface area (Å²) >= 11 is 5.99. The number of ether oxygens (including phenoxy) is 2. The fraction of sp³-hybridized carbons (Fsp3) is 0.300. The van der Waals surface area contributed by atoms with Gasteiger partial charge in [0, 0.05) is 17.3 Å². The Morgan fingerprint density at radius 3 is 2.56 bits per heavy atom. The van der Waals surface area contributed by atoms with Crippen molar-refractivity contribution in [2.45, 2.75) is 6.42 Å². The first-order chi connectivity index (χ1) is 7.51. The number of hydrogen-bond acceptors (Lipinski definition) is 4. The van der Waals surface area contributed by atoms with E-state index in [0.29, 0.717) is 11.3 Å². The molecule has 0 aliphatic rings. The average molecular weight is 246 g/mol. The van der Waals surface area contributed by atoms with E-state index in [2.05, 4.69) is 0 Å². The minimum absolute atomic E-state index is 0.168. The highest BCUT2D eigenvalue weighted by Gasteiger charge is 2.18. The van der Waals surface area contributed by atoms with Gasteiger partial charge >= 0.3 is 5.97 Å². The molecule has 0 bridgehead atoms. The first-order valence-corrected chi connectivity index (χ1v) is 4.79. The number of rotatable bonds is 4. The molecule has 1 aromatic rings. The normalized spacial score (nSPS) is 9.94. The topological polar surface area (TPSA) is 81.8 Å². The number of aliphatic carboxylic acids is 1. The molecule has 5 nitrogen and oxygen atoms in total. The first kappa shape index (κ1) is 12.4. The second kappa shape index (κ2) is 4.94. The number of carboxylic acid groups (broad SMARTS) is 1. The van der Waals surface area contributed by atoms with Gasteiger partial charge in [0.05, 0.1) is 25.7 Å². The SMILES string of the molecule is COc1cc(N)c(CC(=O)O)c(Cl)c1OC. The van der Waals surface area contributed by atoms with Crippen LogP contribution in [0.4, 0.5) is 5.69 Å². The molecule has 0 amide bonds. The fourth-order valence-corrected chi connectivity index (χ4v) is 1.68. The van der Waals surface area contributed by atoms with Gasteiger partial charge in [-0.25, -0.2) is 0 Å². The van der Waals surface area contributed by atoms with Gasteiger partial charge in [-0.1, -0.05) is 11.6 Å². The lowest BCUT2D eigenvalue weighted by atomic mass is 10.1. The van der Waals surface area contributed by atoms with Crippen molar-refractivity contribution in [2.75, 3.05) is 20.0 Å². The van der Waals surface area contributed by atoms with E-state index in [1.165, 1.54) is 20.3 Å². The van der Waals surface area contributed by atoms with E-state index in [1.54, 1.807) is 0 Å². The Bertz CT molecular complexity index is 420.